The van der Waals surface area contributed by atoms with Crippen molar-refractivity contribution in [2.24, 2.45) is 0 Å². The third-order valence-corrected chi connectivity index (χ3v) is 3.38. The molecule has 0 aromatic heterocycles. The quantitative estimate of drug-likeness (QED) is 0.748. The molecule has 1 aliphatic rings. The van der Waals surface area contributed by atoms with Gasteiger partial charge in [-0.25, -0.2) is 0 Å². The highest BCUT2D eigenvalue weighted by molar-refractivity contribution is 9.09. The van der Waals surface area contributed by atoms with Crippen LogP contribution < -0.4 is 4.90 Å². The second-order valence-corrected chi connectivity index (χ2v) is 5.29. The van der Waals surface area contributed by atoms with Crippen molar-refractivity contribution >= 4 is 39.1 Å². The molecule has 0 radical (unpaired) electrons. The molecule has 3 nitrogen and oxygen atoms in total. The standard InChI is InChI=1S/C11H8BrClN2O/c12-8-4-11(16)15(6-8)10-3-7(5-14)1-2-9(10)13/h1-3,8H,4,6H2. The molecule has 0 bridgehead atoms. The van der Waals surface area contributed by atoms with Crippen molar-refractivity contribution < 1.29 is 4.79 Å². The predicted octanol–water partition coefficient (Wildman–Crippen LogP) is 2.71. The van der Waals surface area contributed by atoms with Crippen LogP contribution in [0, 0.1) is 11.3 Å². The second-order valence-electron chi connectivity index (χ2n) is 3.58. The predicted molar refractivity (Wildman–Crippen MR) is 65.9 cm³/mol. The summed E-state index contributed by atoms with van der Waals surface area (Å²) in [6.45, 7) is 0.591. The van der Waals surface area contributed by atoms with Gasteiger partial charge in [0.05, 0.1) is 22.3 Å². The van der Waals surface area contributed by atoms with E-state index in [0.717, 1.165) is 0 Å². The molecule has 82 valence electrons. The summed E-state index contributed by atoms with van der Waals surface area (Å²) >= 11 is 9.43. The van der Waals surface area contributed by atoms with E-state index in [1.165, 1.54) is 0 Å². The Balaban J connectivity index is 2.40. The van der Waals surface area contributed by atoms with Crippen LogP contribution in [-0.2, 0) is 4.79 Å². The van der Waals surface area contributed by atoms with E-state index < -0.39 is 0 Å². The number of carbonyl (C=O) groups excluding carboxylic acids is 1. The summed E-state index contributed by atoms with van der Waals surface area (Å²) in [6.07, 6.45) is 0.465. The van der Waals surface area contributed by atoms with Gasteiger partial charge in [0.15, 0.2) is 0 Å². The van der Waals surface area contributed by atoms with Gasteiger partial charge in [0.2, 0.25) is 5.91 Å². The highest BCUT2D eigenvalue weighted by Crippen LogP contribution is 2.31. The summed E-state index contributed by atoms with van der Waals surface area (Å²) < 4.78 is 0. The van der Waals surface area contributed by atoms with Crippen molar-refractivity contribution in [3.8, 4) is 6.07 Å². The molecule has 1 aromatic carbocycles. The van der Waals surface area contributed by atoms with Gasteiger partial charge >= 0.3 is 0 Å². The van der Waals surface area contributed by atoms with Gasteiger partial charge in [-0.2, -0.15) is 5.26 Å². The number of nitriles is 1. The molecule has 1 unspecified atom stereocenters. The number of anilines is 1. The van der Waals surface area contributed by atoms with E-state index in [0.29, 0.717) is 29.2 Å². The van der Waals surface area contributed by atoms with E-state index in [1.54, 1.807) is 23.1 Å². The van der Waals surface area contributed by atoms with Gasteiger partial charge in [-0.15, -0.1) is 0 Å². The highest BCUT2D eigenvalue weighted by atomic mass is 79.9. The number of halogens is 2. The minimum Gasteiger partial charge on any atom is -0.310 e. The summed E-state index contributed by atoms with van der Waals surface area (Å²) in [6, 6.07) is 6.96. The Morgan fingerprint density at radius 2 is 2.31 bits per heavy atom. The monoisotopic (exact) mass is 298 g/mol. The lowest BCUT2D eigenvalue weighted by atomic mass is 10.2. The minimum atomic E-state index is 0.0267. The van der Waals surface area contributed by atoms with Crippen molar-refractivity contribution in [1.82, 2.24) is 0 Å². The van der Waals surface area contributed by atoms with Crippen LogP contribution in [0.2, 0.25) is 5.02 Å². The second kappa shape index (κ2) is 4.44. The molecule has 0 saturated carbocycles. The molecule has 1 aliphatic heterocycles. The number of carbonyl (C=O) groups is 1. The van der Waals surface area contributed by atoms with Crippen LogP contribution in [0.25, 0.3) is 0 Å². The van der Waals surface area contributed by atoms with Crippen LogP contribution in [0.4, 0.5) is 5.69 Å². The average molecular weight is 300 g/mol. The fourth-order valence-electron chi connectivity index (χ4n) is 1.69. The Bertz CT molecular complexity index is 483. The fourth-order valence-corrected chi connectivity index (χ4v) is 2.47. The van der Waals surface area contributed by atoms with Gasteiger partial charge in [0.25, 0.3) is 0 Å². The molecule has 0 aliphatic carbocycles. The molecule has 2 rings (SSSR count). The topological polar surface area (TPSA) is 44.1 Å². The summed E-state index contributed by atoms with van der Waals surface area (Å²) in [5.41, 5.74) is 1.12. The van der Waals surface area contributed by atoms with E-state index >= 15 is 0 Å². The van der Waals surface area contributed by atoms with Crippen LogP contribution >= 0.6 is 27.5 Å². The Hall–Kier alpha value is -1.05. The Morgan fingerprint density at radius 1 is 1.56 bits per heavy atom. The average Bonchev–Trinajstić information content (AvgIpc) is 2.58. The van der Waals surface area contributed by atoms with E-state index in [2.05, 4.69) is 15.9 Å². The molecular weight excluding hydrogens is 291 g/mol. The SMILES string of the molecule is N#Cc1ccc(Cl)c(N2CC(Br)CC2=O)c1. The lowest BCUT2D eigenvalue weighted by molar-refractivity contribution is -0.117. The maximum atomic E-state index is 11.7. The third kappa shape index (κ3) is 2.06. The molecule has 1 atom stereocenters. The first-order chi connectivity index (χ1) is 7.61. The van der Waals surface area contributed by atoms with Crippen LogP contribution in [0.3, 0.4) is 0 Å². The molecule has 1 aromatic rings. The first-order valence-corrected chi connectivity index (χ1v) is 6.05. The zero-order valence-corrected chi connectivity index (χ0v) is 10.6. The van der Waals surface area contributed by atoms with Gasteiger partial charge < -0.3 is 4.90 Å². The molecule has 0 N–H and O–H groups in total. The molecular formula is C11H8BrClN2O. The third-order valence-electron chi connectivity index (χ3n) is 2.44. The number of rotatable bonds is 1. The zero-order valence-electron chi connectivity index (χ0n) is 8.28. The van der Waals surface area contributed by atoms with Crippen molar-refractivity contribution in [3.63, 3.8) is 0 Å². The highest BCUT2D eigenvalue weighted by Gasteiger charge is 2.30. The molecule has 0 spiro atoms. The van der Waals surface area contributed by atoms with E-state index in [1.807, 2.05) is 6.07 Å². The molecule has 5 heteroatoms. The fraction of sp³-hybridized carbons (Fsp3) is 0.273. The maximum absolute atomic E-state index is 11.7. The first kappa shape index (κ1) is 11.4. The summed E-state index contributed by atoms with van der Waals surface area (Å²) in [5, 5.41) is 9.30. The van der Waals surface area contributed by atoms with Crippen molar-refractivity contribution in [2.45, 2.75) is 11.2 Å². The Kier molecular flexibility index (Phi) is 3.17. The lowest BCUT2D eigenvalue weighted by Gasteiger charge is -2.17. The Morgan fingerprint density at radius 3 is 2.88 bits per heavy atom. The Labute approximate surface area is 107 Å². The van der Waals surface area contributed by atoms with Crippen molar-refractivity contribution in [3.05, 3.63) is 28.8 Å². The van der Waals surface area contributed by atoms with E-state index in [4.69, 9.17) is 16.9 Å². The molecule has 1 amide bonds. The number of benzene rings is 1. The maximum Gasteiger partial charge on any atom is 0.228 e. The van der Waals surface area contributed by atoms with Crippen LogP contribution in [-0.4, -0.2) is 17.3 Å². The van der Waals surface area contributed by atoms with Gasteiger partial charge in [-0.3, -0.25) is 4.79 Å². The minimum absolute atomic E-state index is 0.0267. The zero-order chi connectivity index (χ0) is 11.7. The first-order valence-electron chi connectivity index (χ1n) is 4.76. The van der Waals surface area contributed by atoms with Crippen LogP contribution in [0.5, 0.6) is 0 Å². The van der Waals surface area contributed by atoms with E-state index in [9.17, 15) is 4.79 Å². The van der Waals surface area contributed by atoms with Crippen molar-refractivity contribution in [2.75, 3.05) is 11.4 Å². The molecule has 1 fully saturated rings. The van der Waals surface area contributed by atoms with Gasteiger partial charge in [-0.05, 0) is 18.2 Å². The van der Waals surface area contributed by atoms with Gasteiger partial charge in [0.1, 0.15) is 0 Å². The van der Waals surface area contributed by atoms with Gasteiger partial charge in [0, 0.05) is 17.8 Å². The summed E-state index contributed by atoms with van der Waals surface area (Å²) in [7, 11) is 0. The lowest BCUT2D eigenvalue weighted by Crippen LogP contribution is -2.24. The molecule has 1 saturated heterocycles. The number of nitrogens with zero attached hydrogens (tertiary/aromatic N) is 2. The van der Waals surface area contributed by atoms with E-state index in [-0.39, 0.29) is 10.7 Å². The molecule has 1 heterocycles. The van der Waals surface area contributed by atoms with Crippen LogP contribution in [0.1, 0.15) is 12.0 Å². The van der Waals surface area contributed by atoms with Crippen LogP contribution in [0.15, 0.2) is 18.2 Å². The normalized spacial score (nSPS) is 19.9. The smallest absolute Gasteiger partial charge is 0.228 e. The summed E-state index contributed by atoms with van der Waals surface area (Å²) in [4.78, 5) is 13.5. The summed E-state index contributed by atoms with van der Waals surface area (Å²) in [5.74, 6) is 0.0267. The largest absolute Gasteiger partial charge is 0.310 e. The number of alkyl halides is 1. The number of hydrogen-bond donors (Lipinski definition) is 0. The molecule has 16 heavy (non-hydrogen) atoms. The van der Waals surface area contributed by atoms with Crippen molar-refractivity contribution in [1.29, 1.82) is 5.26 Å². The number of amides is 1. The number of hydrogen-bond acceptors (Lipinski definition) is 2. The van der Waals surface area contributed by atoms with Gasteiger partial charge in [-0.1, -0.05) is 27.5 Å².